The van der Waals surface area contributed by atoms with Crippen molar-refractivity contribution in [3.8, 4) is 0 Å². The molecule has 0 radical (unpaired) electrons. The van der Waals surface area contributed by atoms with Gasteiger partial charge in [-0.05, 0) is 36.5 Å². The average Bonchev–Trinajstić information content (AvgIpc) is 2.32. The number of nitrogen functional groups attached to an aromatic ring is 1. The second-order valence-electron chi connectivity index (χ2n) is 4.99. The molecular formula is C14H20N2O2. The molecule has 18 heavy (non-hydrogen) atoms. The number of hydrogen-bond donors (Lipinski definition) is 3. The molecule has 1 aliphatic carbocycles. The Labute approximate surface area is 107 Å². The molecule has 1 aromatic carbocycles. The molecule has 1 fully saturated rings. The van der Waals surface area contributed by atoms with Crippen molar-refractivity contribution in [3.63, 3.8) is 0 Å². The Morgan fingerprint density at radius 1 is 1.39 bits per heavy atom. The van der Waals surface area contributed by atoms with Crippen LogP contribution in [-0.4, -0.2) is 17.6 Å². The summed E-state index contributed by atoms with van der Waals surface area (Å²) in [5, 5.41) is 12.7. The molecule has 4 heteroatoms. The van der Waals surface area contributed by atoms with E-state index in [4.69, 9.17) is 5.73 Å². The van der Waals surface area contributed by atoms with E-state index >= 15 is 0 Å². The number of rotatable bonds is 5. The van der Waals surface area contributed by atoms with Gasteiger partial charge < -0.3 is 16.2 Å². The van der Waals surface area contributed by atoms with Crippen LogP contribution in [0.2, 0.25) is 0 Å². The van der Waals surface area contributed by atoms with Crippen molar-refractivity contribution >= 4 is 11.6 Å². The predicted molar refractivity (Wildman–Crippen MR) is 70.8 cm³/mol. The summed E-state index contributed by atoms with van der Waals surface area (Å²) >= 11 is 0. The smallest absolute Gasteiger partial charge is 0.220 e. The molecule has 1 amide bonds. The molecule has 1 aromatic rings. The Bertz CT molecular complexity index is 399. The number of nitrogens with one attached hydrogen (secondary N) is 1. The van der Waals surface area contributed by atoms with Crippen molar-refractivity contribution < 1.29 is 9.90 Å². The predicted octanol–water partition coefficient (Wildman–Crippen LogP) is 1.61. The molecule has 4 N–H and O–H groups in total. The van der Waals surface area contributed by atoms with Crippen LogP contribution in [0, 0.1) is 5.92 Å². The van der Waals surface area contributed by atoms with Crippen LogP contribution in [0.4, 0.5) is 5.69 Å². The number of amides is 1. The van der Waals surface area contributed by atoms with E-state index in [-0.39, 0.29) is 12.5 Å². The highest BCUT2D eigenvalue weighted by Gasteiger charge is 2.20. The Hall–Kier alpha value is -1.55. The highest BCUT2D eigenvalue weighted by atomic mass is 16.3. The van der Waals surface area contributed by atoms with Gasteiger partial charge in [-0.1, -0.05) is 18.6 Å². The maximum absolute atomic E-state index is 11.6. The Morgan fingerprint density at radius 3 is 2.61 bits per heavy atom. The van der Waals surface area contributed by atoms with Crippen molar-refractivity contribution in [2.45, 2.75) is 31.8 Å². The van der Waals surface area contributed by atoms with Crippen molar-refractivity contribution in [1.82, 2.24) is 5.32 Å². The zero-order chi connectivity index (χ0) is 13.0. The summed E-state index contributed by atoms with van der Waals surface area (Å²) in [6.07, 6.45) is 3.48. The zero-order valence-corrected chi connectivity index (χ0v) is 10.4. The molecule has 4 nitrogen and oxygen atoms in total. The minimum atomic E-state index is -0.670. The maximum atomic E-state index is 11.6. The molecule has 1 saturated carbocycles. The highest BCUT2D eigenvalue weighted by Crippen LogP contribution is 2.29. The van der Waals surface area contributed by atoms with Crippen LogP contribution in [0.3, 0.4) is 0 Å². The van der Waals surface area contributed by atoms with Crippen LogP contribution in [0.1, 0.15) is 37.4 Å². The second kappa shape index (κ2) is 5.87. The normalized spacial score (nSPS) is 16.9. The first-order valence-electron chi connectivity index (χ1n) is 6.45. The first kappa shape index (κ1) is 12.9. The van der Waals surface area contributed by atoms with Gasteiger partial charge in [0.25, 0.3) is 0 Å². The minimum absolute atomic E-state index is 0.0363. The molecule has 98 valence electrons. The fourth-order valence-electron chi connectivity index (χ4n) is 2.08. The van der Waals surface area contributed by atoms with E-state index in [1.165, 1.54) is 6.42 Å². The third-order valence-electron chi connectivity index (χ3n) is 3.51. The zero-order valence-electron chi connectivity index (χ0n) is 10.4. The van der Waals surface area contributed by atoms with Gasteiger partial charge in [-0.2, -0.15) is 0 Å². The van der Waals surface area contributed by atoms with Crippen molar-refractivity contribution in [2.75, 3.05) is 12.3 Å². The Kier molecular flexibility index (Phi) is 4.20. The van der Waals surface area contributed by atoms with E-state index in [1.807, 2.05) is 0 Å². The average molecular weight is 248 g/mol. The van der Waals surface area contributed by atoms with E-state index in [1.54, 1.807) is 24.3 Å². The number of aliphatic hydroxyl groups excluding tert-OH is 1. The third kappa shape index (κ3) is 3.47. The summed E-state index contributed by atoms with van der Waals surface area (Å²) in [6.45, 7) is 0.259. The lowest BCUT2D eigenvalue weighted by molar-refractivity contribution is -0.123. The van der Waals surface area contributed by atoms with Gasteiger partial charge in [0.1, 0.15) is 0 Å². The van der Waals surface area contributed by atoms with E-state index in [0.29, 0.717) is 18.0 Å². The lowest BCUT2D eigenvalue weighted by Gasteiger charge is -2.24. The third-order valence-corrected chi connectivity index (χ3v) is 3.51. The van der Waals surface area contributed by atoms with Crippen LogP contribution in [0.5, 0.6) is 0 Å². The quantitative estimate of drug-likeness (QED) is 0.693. The van der Waals surface area contributed by atoms with Gasteiger partial charge in [0, 0.05) is 18.7 Å². The number of benzene rings is 1. The topological polar surface area (TPSA) is 75.3 Å². The Balaban J connectivity index is 1.74. The summed E-state index contributed by atoms with van der Waals surface area (Å²) < 4.78 is 0. The second-order valence-corrected chi connectivity index (χ2v) is 4.99. The number of hydrogen-bond acceptors (Lipinski definition) is 3. The summed E-state index contributed by atoms with van der Waals surface area (Å²) in [7, 11) is 0. The number of aliphatic hydroxyl groups is 1. The molecule has 0 aliphatic heterocycles. The number of nitrogens with two attached hydrogens (primary N) is 1. The van der Waals surface area contributed by atoms with Crippen LogP contribution in [0.15, 0.2) is 24.3 Å². The molecule has 1 aliphatic rings. The van der Waals surface area contributed by atoms with Gasteiger partial charge in [-0.15, -0.1) is 0 Å². The Morgan fingerprint density at radius 2 is 2.06 bits per heavy atom. The van der Waals surface area contributed by atoms with Crippen LogP contribution in [-0.2, 0) is 4.79 Å². The molecule has 1 unspecified atom stereocenters. The largest absolute Gasteiger partial charge is 0.399 e. The molecule has 0 saturated heterocycles. The van der Waals surface area contributed by atoms with Crippen LogP contribution in [0.25, 0.3) is 0 Å². The van der Waals surface area contributed by atoms with E-state index in [2.05, 4.69) is 5.32 Å². The van der Waals surface area contributed by atoms with Crippen LogP contribution < -0.4 is 11.1 Å². The molecule has 1 atom stereocenters. The SMILES string of the molecule is Nc1ccc(C(O)CNC(=O)CC2CCC2)cc1. The fourth-order valence-corrected chi connectivity index (χ4v) is 2.08. The lowest BCUT2D eigenvalue weighted by atomic mass is 9.83. The molecular weight excluding hydrogens is 228 g/mol. The summed E-state index contributed by atoms with van der Waals surface area (Å²) in [4.78, 5) is 11.6. The molecule has 0 bridgehead atoms. The molecule has 2 rings (SSSR count). The van der Waals surface area contributed by atoms with E-state index in [9.17, 15) is 9.90 Å². The van der Waals surface area contributed by atoms with Crippen molar-refractivity contribution in [3.05, 3.63) is 29.8 Å². The summed E-state index contributed by atoms with van der Waals surface area (Å²) in [6, 6.07) is 7.04. The molecule has 0 aromatic heterocycles. The fraction of sp³-hybridized carbons (Fsp3) is 0.500. The number of carbonyl (C=O) groups excluding carboxylic acids is 1. The summed E-state index contributed by atoms with van der Waals surface area (Å²) in [5.74, 6) is 0.591. The molecule has 0 spiro atoms. The summed E-state index contributed by atoms with van der Waals surface area (Å²) in [5.41, 5.74) is 7.01. The van der Waals surface area contributed by atoms with Gasteiger partial charge in [0.05, 0.1) is 6.10 Å². The highest BCUT2D eigenvalue weighted by molar-refractivity contribution is 5.76. The first-order chi connectivity index (χ1) is 8.65. The van der Waals surface area contributed by atoms with Gasteiger partial charge in [0.2, 0.25) is 5.91 Å². The van der Waals surface area contributed by atoms with Gasteiger partial charge >= 0.3 is 0 Å². The van der Waals surface area contributed by atoms with Gasteiger partial charge in [-0.3, -0.25) is 4.79 Å². The van der Waals surface area contributed by atoms with Crippen molar-refractivity contribution in [2.24, 2.45) is 5.92 Å². The van der Waals surface area contributed by atoms with E-state index < -0.39 is 6.10 Å². The number of carbonyl (C=O) groups is 1. The maximum Gasteiger partial charge on any atom is 0.220 e. The van der Waals surface area contributed by atoms with Crippen molar-refractivity contribution in [1.29, 1.82) is 0 Å². The standard InChI is InChI=1S/C14H20N2O2/c15-12-6-4-11(5-7-12)13(17)9-16-14(18)8-10-2-1-3-10/h4-7,10,13,17H,1-3,8-9,15H2,(H,16,18). The van der Waals surface area contributed by atoms with Crippen LogP contribution >= 0.6 is 0 Å². The minimum Gasteiger partial charge on any atom is -0.399 e. The van der Waals surface area contributed by atoms with Gasteiger partial charge in [0.15, 0.2) is 0 Å². The number of anilines is 1. The lowest BCUT2D eigenvalue weighted by Crippen LogP contribution is -2.31. The molecule has 0 heterocycles. The first-order valence-corrected chi connectivity index (χ1v) is 6.45. The van der Waals surface area contributed by atoms with Gasteiger partial charge in [-0.25, -0.2) is 0 Å². The van der Waals surface area contributed by atoms with E-state index in [0.717, 1.165) is 18.4 Å². The monoisotopic (exact) mass is 248 g/mol.